The summed E-state index contributed by atoms with van der Waals surface area (Å²) in [4.78, 5) is 4.59. The predicted molar refractivity (Wildman–Crippen MR) is 86.1 cm³/mol. The smallest absolute Gasteiger partial charge is 0.184 e. The summed E-state index contributed by atoms with van der Waals surface area (Å²) in [6.45, 7) is 2.86. The van der Waals surface area contributed by atoms with Crippen LogP contribution in [0.15, 0.2) is 24.4 Å². The zero-order valence-corrected chi connectivity index (χ0v) is 13.2. The van der Waals surface area contributed by atoms with Crippen molar-refractivity contribution in [3.05, 3.63) is 35.7 Å². The molecule has 3 rings (SSSR count). The van der Waals surface area contributed by atoms with E-state index in [4.69, 9.17) is 4.74 Å². The van der Waals surface area contributed by atoms with Crippen LogP contribution in [-0.4, -0.2) is 21.9 Å². The lowest BCUT2D eigenvalue weighted by Gasteiger charge is -2.01. The number of hydrogen-bond acceptors (Lipinski definition) is 5. The molecular formula is C15H18N4OS. The fourth-order valence-corrected chi connectivity index (χ4v) is 3.20. The van der Waals surface area contributed by atoms with Crippen LogP contribution >= 0.6 is 11.3 Å². The maximum absolute atomic E-state index is 5.24. The summed E-state index contributed by atoms with van der Waals surface area (Å²) in [7, 11) is 3.63. The first-order valence-corrected chi connectivity index (χ1v) is 7.71. The molecule has 1 N–H and O–H groups in total. The minimum absolute atomic E-state index is 0.744. The standard InChI is InChI=1S/C15H18N4OS/c1-4-12-10(9-19(2)18-12)8-16-15-17-13-6-5-11(20-3)7-14(13)21-15/h5-7,9H,4,8H2,1-3H3,(H,16,17). The van der Waals surface area contributed by atoms with Crippen LogP contribution in [0.2, 0.25) is 0 Å². The van der Waals surface area contributed by atoms with Crippen LogP contribution in [0.25, 0.3) is 10.2 Å². The number of nitrogens with zero attached hydrogens (tertiary/aromatic N) is 3. The van der Waals surface area contributed by atoms with E-state index in [1.807, 2.05) is 29.9 Å². The monoisotopic (exact) mass is 302 g/mol. The number of nitrogens with one attached hydrogen (secondary N) is 1. The maximum atomic E-state index is 5.24. The second-order valence-electron chi connectivity index (χ2n) is 4.83. The van der Waals surface area contributed by atoms with Crippen molar-refractivity contribution in [2.24, 2.45) is 7.05 Å². The number of ether oxygens (including phenoxy) is 1. The van der Waals surface area contributed by atoms with Crippen LogP contribution in [0.3, 0.4) is 0 Å². The third kappa shape index (κ3) is 2.85. The molecule has 0 unspecified atom stereocenters. The van der Waals surface area contributed by atoms with Gasteiger partial charge in [-0.15, -0.1) is 0 Å². The van der Waals surface area contributed by atoms with Gasteiger partial charge in [-0.25, -0.2) is 4.98 Å². The van der Waals surface area contributed by atoms with Crippen LogP contribution in [0.4, 0.5) is 5.13 Å². The summed E-state index contributed by atoms with van der Waals surface area (Å²) in [5, 5.41) is 8.76. The highest BCUT2D eigenvalue weighted by atomic mass is 32.1. The average Bonchev–Trinajstić information content (AvgIpc) is 3.06. The van der Waals surface area contributed by atoms with Crippen LogP contribution in [0.5, 0.6) is 5.75 Å². The van der Waals surface area contributed by atoms with E-state index < -0.39 is 0 Å². The maximum Gasteiger partial charge on any atom is 0.184 e. The van der Waals surface area contributed by atoms with Crippen LogP contribution < -0.4 is 10.1 Å². The third-order valence-electron chi connectivity index (χ3n) is 3.35. The Labute approximate surface area is 127 Å². The molecule has 6 heteroatoms. The Morgan fingerprint density at radius 3 is 3.00 bits per heavy atom. The van der Waals surface area contributed by atoms with E-state index >= 15 is 0 Å². The zero-order valence-electron chi connectivity index (χ0n) is 12.4. The van der Waals surface area contributed by atoms with Gasteiger partial charge < -0.3 is 10.1 Å². The first-order valence-electron chi connectivity index (χ1n) is 6.89. The number of methoxy groups -OCH3 is 1. The quantitative estimate of drug-likeness (QED) is 0.786. The molecular weight excluding hydrogens is 284 g/mol. The molecule has 2 aromatic heterocycles. The number of fused-ring (bicyclic) bond motifs is 1. The van der Waals surface area contributed by atoms with E-state index in [-0.39, 0.29) is 0 Å². The molecule has 0 fully saturated rings. The summed E-state index contributed by atoms with van der Waals surface area (Å²) in [5.41, 5.74) is 3.34. The SMILES string of the molecule is CCc1nn(C)cc1CNc1nc2ccc(OC)cc2s1. The number of anilines is 1. The fraction of sp³-hybridized carbons (Fsp3) is 0.333. The van der Waals surface area contributed by atoms with Crippen LogP contribution in [0, 0.1) is 0 Å². The van der Waals surface area contributed by atoms with Crippen LogP contribution in [-0.2, 0) is 20.0 Å². The van der Waals surface area contributed by atoms with Crippen molar-refractivity contribution in [3.8, 4) is 5.75 Å². The van der Waals surface area contributed by atoms with E-state index in [0.29, 0.717) is 0 Å². The van der Waals surface area contributed by atoms with Crippen molar-refractivity contribution in [2.45, 2.75) is 19.9 Å². The number of thiazole rings is 1. The normalized spacial score (nSPS) is 11.0. The predicted octanol–water partition coefficient (Wildman–Crippen LogP) is 3.21. The van der Waals surface area contributed by atoms with Gasteiger partial charge in [-0.05, 0) is 24.6 Å². The van der Waals surface area contributed by atoms with Crippen molar-refractivity contribution in [2.75, 3.05) is 12.4 Å². The third-order valence-corrected chi connectivity index (χ3v) is 4.33. The Balaban J connectivity index is 1.78. The topological polar surface area (TPSA) is 52.0 Å². The number of aryl methyl sites for hydroxylation is 2. The van der Waals surface area contributed by atoms with Crippen molar-refractivity contribution in [3.63, 3.8) is 0 Å². The second-order valence-corrected chi connectivity index (χ2v) is 5.87. The first kappa shape index (κ1) is 13.9. The van der Waals surface area contributed by atoms with Gasteiger partial charge in [0.25, 0.3) is 0 Å². The second kappa shape index (κ2) is 5.73. The van der Waals surface area contributed by atoms with Gasteiger partial charge in [-0.2, -0.15) is 5.10 Å². The molecule has 5 nitrogen and oxygen atoms in total. The van der Waals surface area contributed by atoms with Gasteiger partial charge in [0.1, 0.15) is 5.75 Å². The Morgan fingerprint density at radius 1 is 1.38 bits per heavy atom. The van der Waals surface area contributed by atoms with Crippen molar-refractivity contribution in [1.29, 1.82) is 0 Å². The highest BCUT2D eigenvalue weighted by Crippen LogP contribution is 2.29. The summed E-state index contributed by atoms with van der Waals surface area (Å²) >= 11 is 1.64. The van der Waals surface area contributed by atoms with Gasteiger partial charge in [-0.3, -0.25) is 4.68 Å². The molecule has 0 aliphatic heterocycles. The van der Waals surface area contributed by atoms with Gasteiger partial charge >= 0.3 is 0 Å². The molecule has 2 heterocycles. The molecule has 3 aromatic rings. The molecule has 0 aliphatic rings. The van der Waals surface area contributed by atoms with Crippen molar-refractivity contribution >= 4 is 26.7 Å². The first-order chi connectivity index (χ1) is 10.2. The Morgan fingerprint density at radius 2 is 2.24 bits per heavy atom. The molecule has 0 saturated carbocycles. The fourth-order valence-electron chi connectivity index (χ4n) is 2.31. The Kier molecular flexibility index (Phi) is 3.79. The van der Waals surface area contributed by atoms with E-state index in [2.05, 4.69) is 28.5 Å². The summed E-state index contributed by atoms with van der Waals surface area (Å²) in [5.74, 6) is 0.859. The lowest BCUT2D eigenvalue weighted by molar-refractivity contribution is 0.415. The Hall–Kier alpha value is -2.08. The van der Waals surface area contributed by atoms with E-state index in [0.717, 1.165) is 39.8 Å². The van der Waals surface area contributed by atoms with Gasteiger partial charge in [-0.1, -0.05) is 18.3 Å². The number of aromatic nitrogens is 3. The highest BCUT2D eigenvalue weighted by molar-refractivity contribution is 7.22. The molecule has 0 radical (unpaired) electrons. The van der Waals surface area contributed by atoms with Crippen LogP contribution in [0.1, 0.15) is 18.2 Å². The van der Waals surface area contributed by atoms with Crippen molar-refractivity contribution < 1.29 is 4.74 Å². The molecule has 0 bridgehead atoms. The molecule has 0 saturated heterocycles. The van der Waals surface area contributed by atoms with E-state index in [9.17, 15) is 0 Å². The summed E-state index contributed by atoms with van der Waals surface area (Å²) < 4.78 is 8.23. The molecule has 0 atom stereocenters. The molecule has 0 aliphatic carbocycles. The highest BCUT2D eigenvalue weighted by Gasteiger charge is 2.08. The summed E-state index contributed by atoms with van der Waals surface area (Å²) in [6, 6.07) is 5.93. The zero-order chi connectivity index (χ0) is 14.8. The van der Waals surface area contributed by atoms with Gasteiger partial charge in [0, 0.05) is 25.4 Å². The van der Waals surface area contributed by atoms with Gasteiger partial charge in [0.15, 0.2) is 5.13 Å². The molecule has 110 valence electrons. The van der Waals surface area contributed by atoms with E-state index in [1.54, 1.807) is 18.4 Å². The summed E-state index contributed by atoms with van der Waals surface area (Å²) in [6.07, 6.45) is 3.00. The molecule has 21 heavy (non-hydrogen) atoms. The number of hydrogen-bond donors (Lipinski definition) is 1. The lowest BCUT2D eigenvalue weighted by Crippen LogP contribution is -2.00. The lowest BCUT2D eigenvalue weighted by atomic mass is 10.2. The largest absolute Gasteiger partial charge is 0.497 e. The van der Waals surface area contributed by atoms with Gasteiger partial charge in [0.2, 0.25) is 0 Å². The van der Waals surface area contributed by atoms with E-state index in [1.165, 1.54) is 5.56 Å². The minimum Gasteiger partial charge on any atom is -0.497 e. The number of rotatable bonds is 5. The van der Waals surface area contributed by atoms with Gasteiger partial charge in [0.05, 0.1) is 23.0 Å². The molecule has 0 amide bonds. The average molecular weight is 302 g/mol. The Bertz CT molecular complexity index is 762. The van der Waals surface area contributed by atoms with Crippen molar-refractivity contribution in [1.82, 2.24) is 14.8 Å². The minimum atomic E-state index is 0.744. The number of benzene rings is 1. The molecule has 0 spiro atoms. The molecule has 1 aromatic carbocycles.